The van der Waals surface area contributed by atoms with E-state index < -0.39 is 5.91 Å². The molecular formula is C17H16N6O3. The molecule has 0 aliphatic heterocycles. The minimum atomic E-state index is -0.399. The van der Waals surface area contributed by atoms with Crippen LogP contribution in [0, 0.1) is 0 Å². The predicted molar refractivity (Wildman–Crippen MR) is 93.6 cm³/mol. The van der Waals surface area contributed by atoms with Crippen molar-refractivity contribution in [2.45, 2.75) is 6.54 Å². The number of rotatable bonds is 6. The van der Waals surface area contributed by atoms with Crippen molar-refractivity contribution in [2.24, 2.45) is 5.10 Å². The number of tetrazole rings is 1. The van der Waals surface area contributed by atoms with E-state index in [1.807, 2.05) is 30.3 Å². The first-order valence-electron chi connectivity index (χ1n) is 7.68. The fourth-order valence-corrected chi connectivity index (χ4v) is 2.13. The van der Waals surface area contributed by atoms with Crippen molar-refractivity contribution < 1.29 is 14.6 Å². The number of benzene rings is 2. The molecule has 0 spiro atoms. The Hall–Kier alpha value is -3.75. The highest BCUT2D eigenvalue weighted by atomic mass is 16.5. The average molecular weight is 352 g/mol. The molecule has 0 radical (unpaired) electrons. The van der Waals surface area contributed by atoms with Crippen LogP contribution in [0.5, 0.6) is 11.5 Å². The number of nitrogens with zero attached hydrogens (tertiary/aromatic N) is 5. The highest BCUT2D eigenvalue weighted by molar-refractivity contribution is 5.83. The van der Waals surface area contributed by atoms with Gasteiger partial charge in [0.2, 0.25) is 5.82 Å². The lowest BCUT2D eigenvalue weighted by Crippen LogP contribution is -2.24. The molecule has 3 rings (SSSR count). The topological polar surface area (TPSA) is 115 Å². The maximum absolute atomic E-state index is 11.9. The van der Waals surface area contributed by atoms with Gasteiger partial charge in [0.15, 0.2) is 11.5 Å². The lowest BCUT2D eigenvalue weighted by Gasteiger charge is -2.03. The number of methoxy groups -OCH3 is 1. The molecule has 3 aromatic rings. The molecule has 0 saturated heterocycles. The van der Waals surface area contributed by atoms with Gasteiger partial charge >= 0.3 is 0 Å². The minimum absolute atomic E-state index is 0.0279. The Morgan fingerprint density at radius 1 is 1.31 bits per heavy atom. The largest absolute Gasteiger partial charge is 0.504 e. The molecule has 0 aliphatic rings. The van der Waals surface area contributed by atoms with E-state index in [4.69, 9.17) is 4.74 Å². The van der Waals surface area contributed by atoms with Crippen LogP contribution in [-0.2, 0) is 11.3 Å². The number of aromatic hydroxyl groups is 1. The maximum atomic E-state index is 11.9. The molecule has 9 nitrogen and oxygen atoms in total. The molecule has 2 N–H and O–H groups in total. The van der Waals surface area contributed by atoms with Gasteiger partial charge in [0.05, 0.1) is 13.3 Å². The standard InChI is InChI=1S/C17H16N6O3/c1-26-15-9-12(7-8-14(15)24)10-18-19-16(25)11-23-21-17(20-22-23)13-5-3-2-4-6-13/h2-10,24H,11H2,1H3,(H,19,25)/b18-10+. The second-order valence-corrected chi connectivity index (χ2v) is 5.23. The summed E-state index contributed by atoms with van der Waals surface area (Å²) in [5.41, 5.74) is 3.85. The third-order valence-electron chi connectivity index (χ3n) is 3.38. The number of hydrogen-bond donors (Lipinski definition) is 2. The number of nitrogens with one attached hydrogen (secondary N) is 1. The van der Waals surface area contributed by atoms with E-state index >= 15 is 0 Å². The maximum Gasteiger partial charge on any atom is 0.263 e. The van der Waals surface area contributed by atoms with Crippen LogP contribution >= 0.6 is 0 Å². The SMILES string of the molecule is COc1cc(/C=N/NC(=O)Cn2nnc(-c3ccccc3)n2)ccc1O. The van der Waals surface area contributed by atoms with E-state index in [0.29, 0.717) is 17.1 Å². The first kappa shape index (κ1) is 17.1. The Labute approximate surface area is 148 Å². The molecule has 0 aliphatic carbocycles. The van der Waals surface area contributed by atoms with Crippen molar-refractivity contribution in [3.05, 3.63) is 54.1 Å². The monoisotopic (exact) mass is 352 g/mol. The van der Waals surface area contributed by atoms with Crippen LogP contribution in [-0.4, -0.2) is 44.5 Å². The van der Waals surface area contributed by atoms with E-state index in [1.165, 1.54) is 24.2 Å². The molecule has 0 fully saturated rings. The lowest BCUT2D eigenvalue weighted by atomic mass is 10.2. The molecule has 0 saturated carbocycles. The van der Waals surface area contributed by atoms with Crippen LogP contribution in [0.15, 0.2) is 53.6 Å². The first-order valence-corrected chi connectivity index (χ1v) is 7.68. The highest BCUT2D eigenvalue weighted by Gasteiger charge is 2.08. The molecule has 1 amide bonds. The smallest absolute Gasteiger partial charge is 0.263 e. The second-order valence-electron chi connectivity index (χ2n) is 5.23. The lowest BCUT2D eigenvalue weighted by molar-refractivity contribution is -0.122. The quantitative estimate of drug-likeness (QED) is 0.509. The normalized spacial score (nSPS) is 10.8. The van der Waals surface area contributed by atoms with E-state index in [0.717, 1.165) is 5.56 Å². The Balaban J connectivity index is 1.57. The summed E-state index contributed by atoms with van der Waals surface area (Å²) in [6.07, 6.45) is 1.43. The van der Waals surface area contributed by atoms with Crippen LogP contribution in [0.1, 0.15) is 5.56 Å². The summed E-state index contributed by atoms with van der Waals surface area (Å²) in [6, 6.07) is 14.1. The third-order valence-corrected chi connectivity index (χ3v) is 3.38. The first-order chi connectivity index (χ1) is 12.7. The van der Waals surface area contributed by atoms with Crippen LogP contribution in [0.25, 0.3) is 11.4 Å². The van der Waals surface area contributed by atoms with Gasteiger partial charge in [0, 0.05) is 5.56 Å². The number of phenolic OH excluding ortho intramolecular Hbond substituents is 1. The summed E-state index contributed by atoms with van der Waals surface area (Å²) in [6.45, 7) is -0.115. The summed E-state index contributed by atoms with van der Waals surface area (Å²) >= 11 is 0. The van der Waals surface area contributed by atoms with E-state index in [2.05, 4.69) is 25.9 Å². The van der Waals surface area contributed by atoms with Crippen molar-refractivity contribution in [1.29, 1.82) is 0 Å². The average Bonchev–Trinajstić information content (AvgIpc) is 3.12. The fourth-order valence-electron chi connectivity index (χ4n) is 2.13. The van der Waals surface area contributed by atoms with Gasteiger partial charge in [0.25, 0.3) is 5.91 Å². The summed E-state index contributed by atoms with van der Waals surface area (Å²) in [7, 11) is 1.45. The van der Waals surface area contributed by atoms with Gasteiger partial charge in [-0.05, 0) is 29.0 Å². The highest BCUT2D eigenvalue weighted by Crippen LogP contribution is 2.25. The van der Waals surface area contributed by atoms with Gasteiger partial charge in [-0.3, -0.25) is 4.79 Å². The Morgan fingerprint density at radius 3 is 2.88 bits per heavy atom. The van der Waals surface area contributed by atoms with Gasteiger partial charge in [-0.15, -0.1) is 10.2 Å². The molecular weight excluding hydrogens is 336 g/mol. The number of carbonyl (C=O) groups is 1. The number of hydrogen-bond acceptors (Lipinski definition) is 7. The van der Waals surface area contributed by atoms with Gasteiger partial charge in [-0.1, -0.05) is 30.3 Å². The molecule has 0 bridgehead atoms. The number of ether oxygens (including phenoxy) is 1. The minimum Gasteiger partial charge on any atom is -0.504 e. The number of aromatic nitrogens is 4. The Morgan fingerprint density at radius 2 is 2.12 bits per heavy atom. The molecule has 0 unspecified atom stereocenters. The van der Waals surface area contributed by atoms with Crippen molar-refractivity contribution in [3.63, 3.8) is 0 Å². The summed E-state index contributed by atoms with van der Waals surface area (Å²) in [5.74, 6) is 0.391. The predicted octanol–water partition coefficient (Wildman–Crippen LogP) is 1.20. The fraction of sp³-hybridized carbons (Fsp3) is 0.118. The summed E-state index contributed by atoms with van der Waals surface area (Å²) < 4.78 is 5.01. The van der Waals surface area contributed by atoms with Crippen molar-refractivity contribution in [2.75, 3.05) is 7.11 Å². The zero-order valence-corrected chi connectivity index (χ0v) is 13.9. The second kappa shape index (κ2) is 7.88. The number of amides is 1. The van der Waals surface area contributed by atoms with Crippen molar-refractivity contribution in [3.8, 4) is 22.9 Å². The van der Waals surface area contributed by atoms with Crippen molar-refractivity contribution >= 4 is 12.1 Å². The Kier molecular flexibility index (Phi) is 5.18. The molecule has 2 aromatic carbocycles. The van der Waals surface area contributed by atoms with Gasteiger partial charge in [-0.2, -0.15) is 9.90 Å². The van der Waals surface area contributed by atoms with Crippen LogP contribution in [0.3, 0.4) is 0 Å². The van der Waals surface area contributed by atoms with Gasteiger partial charge in [0.1, 0.15) is 6.54 Å². The van der Waals surface area contributed by atoms with Crippen LogP contribution in [0.4, 0.5) is 0 Å². The summed E-state index contributed by atoms with van der Waals surface area (Å²) in [5, 5.41) is 25.3. The van der Waals surface area contributed by atoms with E-state index in [9.17, 15) is 9.90 Å². The van der Waals surface area contributed by atoms with Crippen molar-refractivity contribution in [1.82, 2.24) is 25.6 Å². The summed E-state index contributed by atoms with van der Waals surface area (Å²) in [4.78, 5) is 13.1. The van der Waals surface area contributed by atoms with Gasteiger partial charge in [-0.25, -0.2) is 5.43 Å². The number of hydrazone groups is 1. The molecule has 26 heavy (non-hydrogen) atoms. The zero-order valence-electron chi connectivity index (χ0n) is 13.9. The molecule has 0 atom stereocenters. The zero-order chi connectivity index (χ0) is 18.4. The molecule has 1 aromatic heterocycles. The van der Waals surface area contributed by atoms with E-state index in [1.54, 1.807) is 12.1 Å². The van der Waals surface area contributed by atoms with E-state index in [-0.39, 0.29) is 12.3 Å². The molecule has 1 heterocycles. The number of phenols is 1. The number of carbonyl (C=O) groups excluding carboxylic acids is 1. The van der Waals surface area contributed by atoms with Gasteiger partial charge < -0.3 is 9.84 Å². The van der Waals surface area contributed by atoms with Crippen LogP contribution in [0.2, 0.25) is 0 Å². The Bertz CT molecular complexity index is 923. The molecule has 132 valence electrons. The van der Waals surface area contributed by atoms with Crippen LogP contribution < -0.4 is 10.2 Å². The molecule has 9 heteroatoms. The third kappa shape index (κ3) is 4.20.